The van der Waals surface area contributed by atoms with Crippen LogP contribution in [0.4, 0.5) is 35.4 Å². The number of carbonyl (C=O) groups is 9. The first kappa shape index (κ1) is 83.3. The quantitative estimate of drug-likeness (QED) is 0.0181. The number of aliphatic hydroxyl groups is 1. The SMILES string of the molecule is CCCC1O[C@@H]2C[C@H]3[C@@H]4C[C@H](F)C5=CC(=O)C=C[C@]5(C)[C@@]4(F)[C@@H](O)C[C@]3(C)[C@]2(C(=O)COc2ccc(NC(=O)OCc3ccc(NC(=O)[C@H](CCCNC(N)=O)CC(=O)[C@@H](NC(=O)CCOCCOCCOCCOCCNC(=O)CCC(=O)N4Cc5ccccc5-c5nnn(C)c5-c5ccccc54)C(C)C)cc3)cc2)O1. The van der Waals surface area contributed by atoms with E-state index in [1.54, 1.807) is 78.9 Å². The smallest absolute Gasteiger partial charge is 0.411 e. The molecule has 7 amide bonds. The van der Waals surface area contributed by atoms with Crippen LogP contribution in [0.2, 0.25) is 0 Å². The van der Waals surface area contributed by atoms with Crippen LogP contribution in [0.15, 0.2) is 121 Å². The third kappa shape index (κ3) is 18.7. The number of nitrogens with one attached hydrogen (secondary N) is 5. The number of anilines is 3. The average molecular weight is 1550 g/mol. The summed E-state index contributed by atoms with van der Waals surface area (Å²) in [5.74, 6) is -5.25. The molecule has 0 bridgehead atoms. The Morgan fingerprint density at radius 1 is 0.777 bits per heavy atom. The van der Waals surface area contributed by atoms with Crippen molar-refractivity contribution in [3.63, 3.8) is 0 Å². The first-order valence-corrected chi connectivity index (χ1v) is 38.5. The highest BCUT2D eigenvalue weighted by atomic mass is 19.1. The van der Waals surface area contributed by atoms with Gasteiger partial charge >= 0.3 is 12.1 Å². The van der Waals surface area contributed by atoms with Gasteiger partial charge in [-0.05, 0) is 129 Å². The van der Waals surface area contributed by atoms with Crippen molar-refractivity contribution in [2.24, 2.45) is 47.3 Å². The number of nitrogens with two attached hydrogens (primary N) is 1. The van der Waals surface area contributed by atoms with Gasteiger partial charge in [-0.3, -0.25) is 38.9 Å². The van der Waals surface area contributed by atoms with Crippen molar-refractivity contribution in [2.75, 3.05) is 88.1 Å². The van der Waals surface area contributed by atoms with Gasteiger partial charge in [-0.2, -0.15) is 0 Å². The van der Waals surface area contributed by atoms with Crippen molar-refractivity contribution in [3.05, 3.63) is 132 Å². The second-order valence-electron chi connectivity index (χ2n) is 30.1. The highest BCUT2D eigenvalue weighted by molar-refractivity contribution is 6.03. The molecule has 602 valence electrons. The Kier molecular flexibility index (Phi) is 27.7. The molecule has 1 aromatic heterocycles. The zero-order chi connectivity index (χ0) is 79.9. The number of Topliss-reactive ketones (excluding diaryl/α,β-unsaturated/α-hetero) is 2. The number of amides is 7. The van der Waals surface area contributed by atoms with E-state index in [2.05, 4.69) is 36.9 Å². The number of benzene rings is 4. The van der Waals surface area contributed by atoms with E-state index in [1.807, 2.05) is 62.5 Å². The lowest BCUT2D eigenvalue weighted by Gasteiger charge is -2.63. The molecule has 12 atom stereocenters. The number of urea groups is 1. The van der Waals surface area contributed by atoms with E-state index in [0.717, 1.165) is 39.8 Å². The average Bonchev–Trinajstić information content (AvgIpc) is 1.46. The first-order chi connectivity index (χ1) is 53.8. The summed E-state index contributed by atoms with van der Waals surface area (Å²) >= 11 is 0. The Morgan fingerprint density at radius 3 is 2.15 bits per heavy atom. The number of ketones is 3. The molecule has 112 heavy (non-hydrogen) atoms. The van der Waals surface area contributed by atoms with E-state index >= 15 is 8.78 Å². The summed E-state index contributed by atoms with van der Waals surface area (Å²) in [4.78, 5) is 121. The lowest BCUT2D eigenvalue weighted by atomic mass is 9.44. The highest BCUT2D eigenvalue weighted by Gasteiger charge is 2.80. The molecule has 8 N–H and O–H groups in total. The van der Waals surface area contributed by atoms with Crippen LogP contribution in [0.3, 0.4) is 0 Å². The van der Waals surface area contributed by atoms with E-state index in [9.17, 15) is 48.3 Å². The molecule has 4 aliphatic carbocycles. The van der Waals surface area contributed by atoms with Crippen LogP contribution >= 0.6 is 0 Å². The minimum absolute atomic E-state index is 0.00470. The molecule has 2 aliphatic heterocycles. The van der Waals surface area contributed by atoms with Crippen molar-refractivity contribution in [2.45, 2.75) is 160 Å². The molecule has 4 fully saturated rings. The highest BCUT2D eigenvalue weighted by Crippen LogP contribution is 2.72. The molecule has 1 unspecified atom stereocenters. The number of allylic oxidation sites excluding steroid dienone is 4. The number of alkyl halides is 2. The number of aromatic nitrogens is 3. The van der Waals surface area contributed by atoms with Crippen molar-refractivity contribution < 1.29 is 94.9 Å². The maximum absolute atomic E-state index is 18.0. The maximum atomic E-state index is 18.0. The Morgan fingerprint density at radius 2 is 1.45 bits per heavy atom. The second kappa shape index (κ2) is 37.3. The molecule has 3 saturated carbocycles. The third-order valence-corrected chi connectivity index (χ3v) is 22.5. The van der Waals surface area contributed by atoms with Crippen LogP contribution in [0.25, 0.3) is 22.5 Å². The van der Waals surface area contributed by atoms with Crippen molar-refractivity contribution >= 4 is 70.2 Å². The predicted octanol–water partition coefficient (Wildman–Crippen LogP) is 9.06. The fourth-order valence-corrected chi connectivity index (χ4v) is 16.9. The van der Waals surface area contributed by atoms with Crippen molar-refractivity contribution in [3.8, 4) is 28.3 Å². The summed E-state index contributed by atoms with van der Waals surface area (Å²) in [6.07, 6.45) is -0.829. The van der Waals surface area contributed by atoms with Gasteiger partial charge in [-0.25, -0.2) is 23.1 Å². The second-order valence-corrected chi connectivity index (χ2v) is 30.1. The van der Waals surface area contributed by atoms with Crippen LogP contribution in [-0.2, 0) is 86.9 Å². The van der Waals surface area contributed by atoms with E-state index in [1.165, 1.54) is 19.1 Å². The molecule has 0 radical (unpaired) electrons. The summed E-state index contributed by atoms with van der Waals surface area (Å²) in [7, 11) is 1.82. The molecule has 1 saturated heterocycles. The van der Waals surface area contributed by atoms with Crippen LogP contribution in [0.1, 0.15) is 116 Å². The molecular weight excluding hydrogens is 1450 g/mol. The number of aryl methyl sites for hydroxylation is 1. The zero-order valence-electron chi connectivity index (χ0n) is 64.1. The summed E-state index contributed by atoms with van der Waals surface area (Å²) in [6, 6.07) is 26.5. The van der Waals surface area contributed by atoms with Gasteiger partial charge in [0, 0.05) is 91.0 Å². The van der Waals surface area contributed by atoms with Crippen LogP contribution < -0.4 is 42.0 Å². The van der Waals surface area contributed by atoms with Gasteiger partial charge in [0.05, 0.1) is 89.0 Å². The largest absolute Gasteiger partial charge is 0.486 e. The maximum Gasteiger partial charge on any atom is 0.411 e. The number of halogens is 2. The van der Waals surface area contributed by atoms with E-state index in [4.69, 9.17) is 43.6 Å². The Bertz CT molecular complexity index is 4270. The standard InChI is InChI=1S/C82H102F2N10O18/c1-7-13-72-111-68-45-60-61-44-63(83)62-43-56(95)29-31-79(62,4)81(61,84)66(97)46-80(60,5)82(68,112-72)67(98)49-109-57-25-23-55(24-26-57)89-78(104)110-48-51-19-21-54(22-20-51)88-76(102)52(15-12-32-87-77(85)103)42-65(96)73(50(2)3)90-70(100)30-34-105-36-38-107-40-41-108-39-37-106-35-33-86-69(99)27-28-71(101)94-47-53-14-8-9-16-58(53)74-75(93(6)92-91-74)59-17-10-11-18-64(59)94/h8-11,14,16-26,29,31,43,50,52,60-61,63,66,68,72-73,97H,7,12-13,15,27-28,30,32-42,44-49H2,1-6H3,(H,86,99)(H,88,102)(H,89,104)(H,90,100)(H3,85,87,103)/t52-,60+,61+,63+,66+,68-,72?,73+,79+,80+,81+,82-/m1/s1. The molecule has 11 rings (SSSR count). The molecule has 4 aromatic carbocycles. The minimum Gasteiger partial charge on any atom is -0.486 e. The molecule has 28 nitrogen and oxygen atoms in total. The fraction of sp³-hybridized carbons (Fsp3) is 0.524. The van der Waals surface area contributed by atoms with Gasteiger partial charge in [-0.1, -0.05) is 100 Å². The van der Waals surface area contributed by atoms with Gasteiger partial charge in [0.2, 0.25) is 29.4 Å². The molecule has 3 heterocycles. The molecule has 6 aliphatic rings. The van der Waals surface area contributed by atoms with Gasteiger partial charge in [0.1, 0.15) is 30.8 Å². The number of hydrogen-bond donors (Lipinski definition) is 7. The van der Waals surface area contributed by atoms with E-state index < -0.39 is 113 Å². The number of carbonyl (C=O) groups excluding carboxylic acids is 9. The van der Waals surface area contributed by atoms with Gasteiger partial charge < -0.3 is 74.9 Å². The zero-order valence-corrected chi connectivity index (χ0v) is 64.1. The fourth-order valence-electron chi connectivity index (χ4n) is 16.9. The number of nitrogens with zero attached hydrogens (tertiary/aromatic N) is 4. The summed E-state index contributed by atoms with van der Waals surface area (Å²) in [5, 5.41) is 34.3. The Hall–Kier alpha value is -9.69. The number of para-hydroxylation sites is 1. The molecule has 5 aromatic rings. The van der Waals surface area contributed by atoms with Crippen LogP contribution in [0, 0.1) is 34.5 Å². The predicted molar refractivity (Wildman–Crippen MR) is 407 cm³/mol. The molecule has 30 heteroatoms. The monoisotopic (exact) mass is 1550 g/mol. The Balaban J connectivity index is 0.550. The van der Waals surface area contributed by atoms with Crippen molar-refractivity contribution in [1.82, 2.24) is 30.9 Å². The van der Waals surface area contributed by atoms with Gasteiger partial charge in [-0.15, -0.1) is 5.10 Å². The number of fused-ring (bicyclic) bond motifs is 12. The lowest BCUT2D eigenvalue weighted by Crippen LogP contribution is -2.71. The topological polar surface area (TPSA) is 368 Å². The van der Waals surface area contributed by atoms with Gasteiger partial charge in [0.15, 0.2) is 29.1 Å². The summed E-state index contributed by atoms with van der Waals surface area (Å²) in [5.41, 5.74) is 4.67. The minimum atomic E-state index is -2.35. The number of rotatable bonds is 38. The normalized spacial score (nSPS) is 24.4. The van der Waals surface area contributed by atoms with E-state index in [-0.39, 0.29) is 146 Å². The summed E-state index contributed by atoms with van der Waals surface area (Å²) in [6.45, 7) is 10.8. The van der Waals surface area contributed by atoms with E-state index in [0.29, 0.717) is 56.0 Å². The van der Waals surface area contributed by atoms with Crippen molar-refractivity contribution in [1.29, 1.82) is 0 Å². The number of primary amides is 1. The summed E-state index contributed by atoms with van der Waals surface area (Å²) < 4.78 is 82.9. The molecule has 0 spiro atoms. The third-order valence-electron chi connectivity index (χ3n) is 22.5. The van der Waals surface area contributed by atoms with Crippen LogP contribution in [0.5, 0.6) is 5.75 Å². The Labute approximate surface area is 649 Å². The first-order valence-electron chi connectivity index (χ1n) is 38.5. The number of hydrogen-bond acceptors (Lipinski definition) is 20. The molecular formula is C82H102F2N10O18. The lowest BCUT2D eigenvalue weighted by molar-refractivity contribution is -0.234. The van der Waals surface area contributed by atoms with Crippen LogP contribution in [-0.4, -0.2) is 188 Å². The van der Waals surface area contributed by atoms with Gasteiger partial charge in [0.25, 0.3) is 0 Å². The number of aliphatic hydroxyl groups excluding tert-OH is 1. The number of ether oxygens (including phenoxy) is 8.